The van der Waals surface area contributed by atoms with E-state index in [9.17, 15) is 0 Å². The van der Waals surface area contributed by atoms with Crippen LogP contribution in [0.1, 0.15) is 20.8 Å². The number of nitrogens with zero attached hydrogens (tertiary/aromatic N) is 1. The molecule has 0 bridgehead atoms. The predicted molar refractivity (Wildman–Crippen MR) is 78.6 cm³/mol. The van der Waals surface area contributed by atoms with E-state index in [0.717, 1.165) is 17.9 Å². The molecule has 0 rings (SSSR count). The first-order valence-corrected chi connectivity index (χ1v) is 5.93. The highest BCUT2D eigenvalue weighted by atomic mass is 15.1. The van der Waals surface area contributed by atoms with Gasteiger partial charge in [-0.3, -0.25) is 0 Å². The van der Waals surface area contributed by atoms with Crippen molar-refractivity contribution in [3.8, 4) is 0 Å². The molecule has 0 aromatic carbocycles. The Labute approximate surface area is 106 Å². The Morgan fingerprint density at radius 1 is 0.941 bits per heavy atom. The average Bonchev–Trinajstić information content (AvgIpc) is 2.31. The molecule has 0 N–H and O–H groups in total. The van der Waals surface area contributed by atoms with Gasteiger partial charge in [0, 0.05) is 17.9 Å². The Balaban J connectivity index is 5.39. The van der Waals surface area contributed by atoms with Gasteiger partial charge in [0.25, 0.3) is 0 Å². The van der Waals surface area contributed by atoms with Gasteiger partial charge >= 0.3 is 0 Å². The second-order valence-corrected chi connectivity index (χ2v) is 3.40. The molecule has 0 aliphatic carbocycles. The minimum absolute atomic E-state index is 0.897. The molecule has 1 heteroatoms. The van der Waals surface area contributed by atoms with Gasteiger partial charge in [-0.15, -0.1) is 0 Å². The van der Waals surface area contributed by atoms with Gasteiger partial charge in [0.2, 0.25) is 0 Å². The minimum Gasteiger partial charge on any atom is -0.342 e. The summed E-state index contributed by atoms with van der Waals surface area (Å²) in [4.78, 5) is 2.21. The number of hydrogen-bond donors (Lipinski definition) is 0. The van der Waals surface area contributed by atoms with Crippen LogP contribution in [0.4, 0.5) is 0 Å². The van der Waals surface area contributed by atoms with E-state index in [1.54, 1.807) is 12.2 Å². The molecule has 0 radical (unpaired) electrons. The number of likely N-dealkylation sites (N-methyl/N-ethyl adjacent to an activating group) is 1. The molecule has 0 saturated heterocycles. The van der Waals surface area contributed by atoms with Crippen LogP contribution < -0.4 is 0 Å². The van der Waals surface area contributed by atoms with Gasteiger partial charge in [0.15, 0.2) is 0 Å². The van der Waals surface area contributed by atoms with Crippen LogP contribution in [0.3, 0.4) is 0 Å². The molecule has 0 spiro atoms. The SMILES string of the molecule is C=C/C=C(\C=C/C)N(CC)C(/C=C\C)=C/C=C. The highest BCUT2D eigenvalue weighted by molar-refractivity contribution is 5.32. The summed E-state index contributed by atoms with van der Waals surface area (Å²) in [6, 6.07) is 0. The predicted octanol–water partition coefficient (Wildman–Crippen LogP) is 4.60. The molecule has 0 aliphatic heterocycles. The van der Waals surface area contributed by atoms with Crippen LogP contribution in [-0.2, 0) is 0 Å². The lowest BCUT2D eigenvalue weighted by Gasteiger charge is -2.25. The van der Waals surface area contributed by atoms with E-state index in [1.165, 1.54) is 0 Å². The van der Waals surface area contributed by atoms with E-state index in [0.29, 0.717) is 0 Å². The zero-order valence-electron chi connectivity index (χ0n) is 11.2. The summed E-state index contributed by atoms with van der Waals surface area (Å²) in [6.07, 6.45) is 15.8. The zero-order chi connectivity index (χ0) is 13.1. The molecule has 0 atom stereocenters. The molecule has 0 heterocycles. The molecular weight excluding hydrogens is 206 g/mol. The third-order valence-electron chi connectivity index (χ3n) is 2.19. The fourth-order valence-electron chi connectivity index (χ4n) is 1.57. The highest BCUT2D eigenvalue weighted by Gasteiger charge is 2.06. The number of allylic oxidation sites excluding steroid dienone is 8. The summed E-state index contributed by atoms with van der Waals surface area (Å²) < 4.78 is 0. The monoisotopic (exact) mass is 229 g/mol. The molecule has 0 unspecified atom stereocenters. The van der Waals surface area contributed by atoms with Crippen molar-refractivity contribution in [2.24, 2.45) is 0 Å². The first-order valence-electron chi connectivity index (χ1n) is 5.93. The molecule has 1 nitrogen and oxygen atoms in total. The van der Waals surface area contributed by atoms with E-state index in [4.69, 9.17) is 0 Å². The lowest BCUT2D eigenvalue weighted by molar-refractivity contribution is 0.478. The van der Waals surface area contributed by atoms with Gasteiger partial charge in [-0.05, 0) is 45.1 Å². The Morgan fingerprint density at radius 3 is 1.59 bits per heavy atom. The lowest BCUT2D eigenvalue weighted by Crippen LogP contribution is -2.20. The second-order valence-electron chi connectivity index (χ2n) is 3.40. The van der Waals surface area contributed by atoms with Crippen LogP contribution in [0.2, 0.25) is 0 Å². The summed E-state index contributed by atoms with van der Waals surface area (Å²) in [6.45, 7) is 14.6. The molecule has 0 saturated carbocycles. The summed E-state index contributed by atoms with van der Waals surface area (Å²) in [5.74, 6) is 0. The summed E-state index contributed by atoms with van der Waals surface area (Å²) in [5.41, 5.74) is 2.24. The van der Waals surface area contributed by atoms with Crippen molar-refractivity contribution in [3.05, 3.63) is 73.2 Å². The van der Waals surface area contributed by atoms with Gasteiger partial charge in [-0.1, -0.05) is 37.5 Å². The van der Waals surface area contributed by atoms with Crippen molar-refractivity contribution in [2.75, 3.05) is 6.54 Å². The lowest BCUT2D eigenvalue weighted by atomic mass is 10.2. The van der Waals surface area contributed by atoms with E-state index in [-0.39, 0.29) is 0 Å². The Bertz CT molecular complexity index is 320. The van der Waals surface area contributed by atoms with Crippen molar-refractivity contribution in [3.63, 3.8) is 0 Å². The molecule has 92 valence electrons. The van der Waals surface area contributed by atoms with Crippen molar-refractivity contribution in [1.29, 1.82) is 0 Å². The summed E-state index contributed by atoms with van der Waals surface area (Å²) in [5, 5.41) is 0. The van der Waals surface area contributed by atoms with Gasteiger partial charge in [0.05, 0.1) is 0 Å². The van der Waals surface area contributed by atoms with E-state index in [1.807, 2.05) is 38.2 Å². The summed E-state index contributed by atoms with van der Waals surface area (Å²) >= 11 is 0. The third-order valence-corrected chi connectivity index (χ3v) is 2.19. The maximum atomic E-state index is 3.76. The largest absolute Gasteiger partial charge is 0.342 e. The van der Waals surface area contributed by atoms with Gasteiger partial charge in [-0.2, -0.15) is 0 Å². The van der Waals surface area contributed by atoms with Crippen LogP contribution in [0.5, 0.6) is 0 Å². The van der Waals surface area contributed by atoms with Crippen molar-refractivity contribution in [1.82, 2.24) is 4.90 Å². The molecule has 0 aromatic rings. The molecule has 0 amide bonds. The topological polar surface area (TPSA) is 3.24 Å². The highest BCUT2D eigenvalue weighted by Crippen LogP contribution is 2.16. The first kappa shape index (κ1) is 15.2. The van der Waals surface area contributed by atoms with E-state index < -0.39 is 0 Å². The number of hydrogen-bond acceptors (Lipinski definition) is 1. The third kappa shape index (κ3) is 5.21. The second kappa shape index (κ2) is 9.46. The Morgan fingerprint density at radius 2 is 1.35 bits per heavy atom. The quantitative estimate of drug-likeness (QED) is 0.577. The van der Waals surface area contributed by atoms with Crippen LogP contribution in [0.15, 0.2) is 73.2 Å². The Hall–Kier alpha value is -1.76. The zero-order valence-corrected chi connectivity index (χ0v) is 11.2. The molecule has 0 fully saturated rings. The van der Waals surface area contributed by atoms with Gasteiger partial charge in [0.1, 0.15) is 0 Å². The van der Waals surface area contributed by atoms with E-state index >= 15 is 0 Å². The molecule has 0 aliphatic rings. The fraction of sp³-hybridized carbons (Fsp3) is 0.250. The first-order chi connectivity index (χ1) is 8.24. The average molecular weight is 229 g/mol. The summed E-state index contributed by atoms with van der Waals surface area (Å²) in [7, 11) is 0. The van der Waals surface area contributed by atoms with Crippen molar-refractivity contribution < 1.29 is 0 Å². The smallest absolute Gasteiger partial charge is 0.0407 e. The van der Waals surface area contributed by atoms with Crippen LogP contribution in [-0.4, -0.2) is 11.4 Å². The molecular formula is C16H23N. The van der Waals surface area contributed by atoms with Gasteiger partial charge in [-0.25, -0.2) is 0 Å². The van der Waals surface area contributed by atoms with Crippen LogP contribution in [0.25, 0.3) is 0 Å². The van der Waals surface area contributed by atoms with Crippen molar-refractivity contribution in [2.45, 2.75) is 20.8 Å². The minimum atomic E-state index is 0.897. The van der Waals surface area contributed by atoms with Gasteiger partial charge < -0.3 is 4.90 Å². The van der Waals surface area contributed by atoms with Crippen LogP contribution >= 0.6 is 0 Å². The maximum absolute atomic E-state index is 3.76. The fourth-order valence-corrected chi connectivity index (χ4v) is 1.57. The Kier molecular flexibility index (Phi) is 8.48. The maximum Gasteiger partial charge on any atom is 0.0407 e. The molecule has 0 aromatic heterocycles. The van der Waals surface area contributed by atoms with Crippen LogP contribution in [0, 0.1) is 0 Å². The number of rotatable bonds is 7. The normalized spacial score (nSPS) is 13.4. The van der Waals surface area contributed by atoms with E-state index in [2.05, 4.69) is 37.1 Å². The van der Waals surface area contributed by atoms with Crippen molar-refractivity contribution >= 4 is 0 Å². The standard InChI is InChI=1S/C16H23N/c1-6-11-15(12-7-2)17(10-5)16(13-8-3)14-9-4/h6-9,11-14H,1,3,10H2,2,4-5H3/b12-7-,14-9-,15-11+,16-13+. The molecule has 17 heavy (non-hydrogen) atoms.